The lowest BCUT2D eigenvalue weighted by Crippen LogP contribution is -2.27. The number of hydrogen-bond donors (Lipinski definition) is 2. The van der Waals surface area contributed by atoms with Gasteiger partial charge in [-0.3, -0.25) is 4.79 Å². The molecular weight excluding hydrogens is 256 g/mol. The van der Waals surface area contributed by atoms with Crippen LogP contribution in [0.3, 0.4) is 0 Å². The highest BCUT2D eigenvalue weighted by Crippen LogP contribution is 2.29. The molecule has 20 heavy (non-hydrogen) atoms. The highest BCUT2D eigenvalue weighted by Gasteiger charge is 2.18. The van der Waals surface area contributed by atoms with Crippen LogP contribution < -0.4 is 10.6 Å². The molecule has 0 saturated heterocycles. The molecule has 2 N–H and O–H groups in total. The fourth-order valence-corrected chi connectivity index (χ4v) is 1.81. The van der Waals surface area contributed by atoms with Gasteiger partial charge < -0.3 is 15.4 Å². The number of alkyl carbamates (subject to hydrolysis) is 1. The Balaban J connectivity index is 2.61. The molecule has 1 aromatic carbocycles. The normalized spacial score (nSPS) is 10.8. The second kappa shape index (κ2) is 6.93. The van der Waals surface area contributed by atoms with Crippen LogP contribution in [0.1, 0.15) is 32.8 Å². The predicted molar refractivity (Wildman–Crippen MR) is 78.8 cm³/mol. The quantitative estimate of drug-likeness (QED) is 0.889. The van der Waals surface area contributed by atoms with Gasteiger partial charge in [0.05, 0.1) is 7.11 Å². The van der Waals surface area contributed by atoms with Gasteiger partial charge in [-0.1, -0.05) is 39.0 Å². The summed E-state index contributed by atoms with van der Waals surface area (Å²) in [5, 5.41) is 5.35. The molecule has 1 aromatic rings. The zero-order chi connectivity index (χ0) is 15.2. The van der Waals surface area contributed by atoms with Crippen LogP contribution >= 0.6 is 0 Å². The van der Waals surface area contributed by atoms with Gasteiger partial charge in [-0.25, -0.2) is 4.79 Å². The number of benzene rings is 1. The molecular formula is C15H22N2O3. The first-order valence-corrected chi connectivity index (χ1v) is 6.56. The minimum Gasteiger partial charge on any atom is -0.453 e. The number of rotatable bonds is 4. The smallest absolute Gasteiger partial charge is 0.406 e. The van der Waals surface area contributed by atoms with E-state index in [1.165, 1.54) is 7.11 Å². The van der Waals surface area contributed by atoms with Gasteiger partial charge in [0, 0.05) is 18.7 Å². The Labute approximate surface area is 119 Å². The predicted octanol–water partition coefficient (Wildman–Crippen LogP) is 2.67. The summed E-state index contributed by atoms with van der Waals surface area (Å²) in [5.41, 5.74) is 1.84. The van der Waals surface area contributed by atoms with Crippen molar-refractivity contribution in [2.45, 2.75) is 32.6 Å². The van der Waals surface area contributed by atoms with Crippen LogP contribution in [-0.4, -0.2) is 25.7 Å². The standard InChI is InChI=1S/C15H22N2O3/c1-15(2,3)11-7-5-6-8-12(11)17-13(18)9-10-16-14(19)20-4/h5-8H,9-10H2,1-4H3,(H,16,19)(H,17,18). The Hall–Kier alpha value is -2.04. The van der Waals surface area contributed by atoms with E-state index in [0.29, 0.717) is 0 Å². The molecule has 0 saturated carbocycles. The summed E-state index contributed by atoms with van der Waals surface area (Å²) in [6, 6.07) is 7.72. The van der Waals surface area contributed by atoms with E-state index in [1.807, 2.05) is 24.3 Å². The van der Waals surface area contributed by atoms with Crippen molar-refractivity contribution in [2.75, 3.05) is 19.0 Å². The third kappa shape index (κ3) is 4.91. The van der Waals surface area contributed by atoms with Gasteiger partial charge in [0.1, 0.15) is 0 Å². The Morgan fingerprint density at radius 2 is 1.85 bits per heavy atom. The van der Waals surface area contributed by atoms with Crippen LogP contribution in [0.5, 0.6) is 0 Å². The lowest BCUT2D eigenvalue weighted by molar-refractivity contribution is -0.116. The Morgan fingerprint density at radius 1 is 1.20 bits per heavy atom. The second-order valence-corrected chi connectivity index (χ2v) is 5.51. The maximum atomic E-state index is 11.9. The Kier molecular flexibility index (Phi) is 5.55. The van der Waals surface area contributed by atoms with Crippen molar-refractivity contribution in [1.29, 1.82) is 0 Å². The van der Waals surface area contributed by atoms with E-state index in [4.69, 9.17) is 0 Å². The molecule has 1 rings (SSSR count). The fourth-order valence-electron chi connectivity index (χ4n) is 1.81. The van der Waals surface area contributed by atoms with E-state index in [1.54, 1.807) is 0 Å². The molecule has 0 bridgehead atoms. The topological polar surface area (TPSA) is 67.4 Å². The Morgan fingerprint density at radius 3 is 2.45 bits per heavy atom. The van der Waals surface area contributed by atoms with Gasteiger partial charge in [-0.05, 0) is 17.0 Å². The zero-order valence-electron chi connectivity index (χ0n) is 12.4. The molecule has 0 aromatic heterocycles. The zero-order valence-corrected chi connectivity index (χ0v) is 12.4. The van der Waals surface area contributed by atoms with Gasteiger partial charge >= 0.3 is 6.09 Å². The van der Waals surface area contributed by atoms with E-state index >= 15 is 0 Å². The maximum Gasteiger partial charge on any atom is 0.406 e. The number of ether oxygens (including phenoxy) is 1. The number of hydrogen-bond acceptors (Lipinski definition) is 3. The molecule has 0 heterocycles. The molecule has 0 aliphatic rings. The summed E-state index contributed by atoms with van der Waals surface area (Å²) in [4.78, 5) is 22.7. The van der Waals surface area contributed by atoms with Crippen molar-refractivity contribution in [3.05, 3.63) is 29.8 Å². The van der Waals surface area contributed by atoms with E-state index in [-0.39, 0.29) is 24.3 Å². The summed E-state index contributed by atoms with van der Waals surface area (Å²) in [6.45, 7) is 6.53. The molecule has 0 fully saturated rings. The number of carbonyl (C=O) groups excluding carboxylic acids is 2. The third-order valence-corrected chi connectivity index (χ3v) is 2.82. The van der Waals surface area contributed by atoms with Gasteiger partial charge in [0.15, 0.2) is 0 Å². The first-order valence-electron chi connectivity index (χ1n) is 6.56. The minimum atomic E-state index is -0.534. The van der Waals surface area contributed by atoms with Crippen molar-refractivity contribution < 1.29 is 14.3 Å². The van der Waals surface area contributed by atoms with Gasteiger partial charge in [0.25, 0.3) is 0 Å². The van der Waals surface area contributed by atoms with Crippen molar-refractivity contribution >= 4 is 17.7 Å². The van der Waals surface area contributed by atoms with Crippen molar-refractivity contribution in [1.82, 2.24) is 5.32 Å². The maximum absolute atomic E-state index is 11.9. The van der Waals surface area contributed by atoms with E-state index in [0.717, 1.165) is 11.3 Å². The highest BCUT2D eigenvalue weighted by atomic mass is 16.5. The summed E-state index contributed by atoms with van der Waals surface area (Å²) < 4.78 is 4.43. The number of para-hydroxylation sites is 1. The van der Waals surface area contributed by atoms with Crippen molar-refractivity contribution in [2.24, 2.45) is 0 Å². The largest absolute Gasteiger partial charge is 0.453 e. The summed E-state index contributed by atoms with van der Waals surface area (Å²) in [5.74, 6) is -0.141. The first-order chi connectivity index (χ1) is 9.34. The van der Waals surface area contributed by atoms with E-state index in [2.05, 4.69) is 36.1 Å². The molecule has 0 radical (unpaired) electrons. The van der Waals surface area contributed by atoms with Crippen LogP contribution in [0.4, 0.5) is 10.5 Å². The van der Waals surface area contributed by atoms with Gasteiger partial charge in [-0.2, -0.15) is 0 Å². The molecule has 5 heteroatoms. The van der Waals surface area contributed by atoms with Crippen LogP contribution in [0.2, 0.25) is 0 Å². The van der Waals surface area contributed by atoms with Crippen LogP contribution in [-0.2, 0) is 14.9 Å². The number of anilines is 1. The SMILES string of the molecule is COC(=O)NCCC(=O)Nc1ccccc1C(C)(C)C. The molecule has 110 valence electrons. The van der Waals surface area contributed by atoms with Crippen LogP contribution in [0.15, 0.2) is 24.3 Å². The van der Waals surface area contributed by atoms with Crippen LogP contribution in [0.25, 0.3) is 0 Å². The summed E-state index contributed by atoms with van der Waals surface area (Å²) in [6.07, 6.45) is -0.332. The Bertz CT molecular complexity index is 478. The average molecular weight is 278 g/mol. The number of nitrogens with one attached hydrogen (secondary N) is 2. The lowest BCUT2D eigenvalue weighted by atomic mass is 9.86. The average Bonchev–Trinajstić information content (AvgIpc) is 2.37. The molecule has 2 amide bonds. The minimum absolute atomic E-state index is 0.0475. The molecule has 0 aliphatic heterocycles. The summed E-state index contributed by atoms with van der Waals surface area (Å²) in [7, 11) is 1.29. The van der Waals surface area contributed by atoms with E-state index < -0.39 is 6.09 Å². The molecule has 0 aliphatic carbocycles. The fraction of sp³-hybridized carbons (Fsp3) is 0.467. The number of carbonyl (C=O) groups is 2. The summed E-state index contributed by atoms with van der Waals surface area (Å²) >= 11 is 0. The molecule has 0 spiro atoms. The molecule has 0 unspecified atom stereocenters. The number of amides is 2. The molecule has 5 nitrogen and oxygen atoms in total. The van der Waals surface area contributed by atoms with Crippen LogP contribution in [0, 0.1) is 0 Å². The third-order valence-electron chi connectivity index (χ3n) is 2.82. The van der Waals surface area contributed by atoms with Gasteiger partial charge in [-0.15, -0.1) is 0 Å². The highest BCUT2D eigenvalue weighted by molar-refractivity contribution is 5.92. The number of methoxy groups -OCH3 is 1. The second-order valence-electron chi connectivity index (χ2n) is 5.51. The first kappa shape index (κ1) is 16.0. The van der Waals surface area contributed by atoms with Crippen molar-refractivity contribution in [3.8, 4) is 0 Å². The lowest BCUT2D eigenvalue weighted by Gasteiger charge is -2.23. The van der Waals surface area contributed by atoms with E-state index in [9.17, 15) is 9.59 Å². The molecule has 0 atom stereocenters. The monoisotopic (exact) mass is 278 g/mol. The van der Waals surface area contributed by atoms with Gasteiger partial charge in [0.2, 0.25) is 5.91 Å². The van der Waals surface area contributed by atoms with Crippen molar-refractivity contribution in [3.63, 3.8) is 0 Å².